The molecular weight excluding hydrogens is 284 g/mol. The molecule has 0 radical (unpaired) electrons. The fraction of sp³-hybridized carbons (Fsp3) is 0.333. The first-order chi connectivity index (χ1) is 10.5. The van der Waals surface area contributed by atoms with Crippen LogP contribution in [0.4, 0.5) is 0 Å². The van der Waals surface area contributed by atoms with Crippen molar-refractivity contribution in [2.75, 3.05) is 7.11 Å². The summed E-state index contributed by atoms with van der Waals surface area (Å²) in [6, 6.07) is 3.97. The van der Waals surface area contributed by atoms with Gasteiger partial charge in [0.25, 0.3) is 5.52 Å². The molecule has 0 aliphatic carbocycles. The minimum Gasteiger partial charge on any atom is -0.315 e. The lowest BCUT2D eigenvalue weighted by Gasteiger charge is -2.14. The zero-order chi connectivity index (χ0) is 16.0. The number of hydrogen-bond acceptors (Lipinski definition) is 4. The second-order valence-electron chi connectivity index (χ2n) is 5.19. The summed E-state index contributed by atoms with van der Waals surface area (Å²) in [5, 5.41) is 0. The summed E-state index contributed by atoms with van der Waals surface area (Å²) in [6.45, 7) is 6.54. The predicted molar refractivity (Wildman–Crippen MR) is 81.1 cm³/mol. The van der Waals surface area contributed by atoms with Crippen molar-refractivity contribution in [1.29, 1.82) is 0 Å². The molecule has 2 aliphatic heterocycles. The minimum atomic E-state index is -0.662. The normalized spacial score (nSPS) is 11.3. The molecule has 2 aliphatic rings. The highest BCUT2D eigenvalue weighted by molar-refractivity contribution is 5.77. The van der Waals surface area contributed by atoms with E-state index in [-0.39, 0.29) is 5.69 Å². The standard InChI is InChI=1S/C15H16N4O3/c1-5-18-10-6-8(2)9(3)7-11(10)19(22-4)12-13(18)16-15(21)17-14(12)20/h6-7H,5H2,1-4H3/p+1. The maximum Gasteiger partial charge on any atom is 0.365 e. The number of nitrogens with one attached hydrogen (secondary N) is 1. The van der Waals surface area contributed by atoms with Crippen molar-refractivity contribution < 1.29 is 9.57 Å². The van der Waals surface area contributed by atoms with Gasteiger partial charge < -0.3 is 4.57 Å². The van der Waals surface area contributed by atoms with Gasteiger partial charge in [0.05, 0.1) is 0 Å². The number of nitrogens with zero attached hydrogens (tertiary/aromatic N) is 3. The zero-order valence-electron chi connectivity index (χ0n) is 12.9. The van der Waals surface area contributed by atoms with Gasteiger partial charge in [-0.25, -0.2) is 4.79 Å². The molecule has 0 aromatic heterocycles. The first-order valence-corrected chi connectivity index (χ1v) is 7.02. The van der Waals surface area contributed by atoms with E-state index >= 15 is 0 Å². The SMILES string of the molecule is CCn1c2nc(=O)[nH]c(=O)c-2[n+](OC)c2cc(C)c(C)cc21. The molecular formula is C15H17N4O3+. The van der Waals surface area contributed by atoms with E-state index in [0.717, 1.165) is 22.2 Å². The third kappa shape index (κ3) is 1.89. The van der Waals surface area contributed by atoms with Crippen molar-refractivity contribution >= 4 is 11.0 Å². The Hall–Kier alpha value is -2.70. The van der Waals surface area contributed by atoms with Gasteiger partial charge in [0, 0.05) is 17.3 Å². The maximum atomic E-state index is 12.2. The predicted octanol–water partition coefficient (Wildman–Crippen LogP) is 0.172. The lowest BCUT2D eigenvalue weighted by Crippen LogP contribution is -2.50. The summed E-state index contributed by atoms with van der Waals surface area (Å²) in [5.74, 6) is 0.314. The highest BCUT2D eigenvalue weighted by atomic mass is 16.6. The highest BCUT2D eigenvalue weighted by Crippen LogP contribution is 2.21. The minimum absolute atomic E-state index is 0.222. The van der Waals surface area contributed by atoms with Gasteiger partial charge in [-0.1, -0.05) is 0 Å². The Morgan fingerprint density at radius 3 is 2.59 bits per heavy atom. The van der Waals surface area contributed by atoms with Crippen LogP contribution in [0.1, 0.15) is 18.1 Å². The van der Waals surface area contributed by atoms with Crippen LogP contribution in [-0.4, -0.2) is 21.6 Å². The lowest BCUT2D eigenvalue weighted by molar-refractivity contribution is -0.857. The van der Waals surface area contributed by atoms with Crippen molar-refractivity contribution in [3.8, 4) is 11.5 Å². The molecule has 0 fully saturated rings. The van der Waals surface area contributed by atoms with Crippen molar-refractivity contribution in [2.45, 2.75) is 27.3 Å². The molecule has 0 spiro atoms. The monoisotopic (exact) mass is 301 g/mol. The number of aryl methyl sites for hydroxylation is 3. The van der Waals surface area contributed by atoms with E-state index in [2.05, 4.69) is 9.97 Å². The Morgan fingerprint density at radius 2 is 1.95 bits per heavy atom. The van der Waals surface area contributed by atoms with E-state index in [0.29, 0.717) is 12.4 Å². The molecule has 7 nitrogen and oxygen atoms in total. The lowest BCUT2D eigenvalue weighted by atomic mass is 10.1. The number of H-pyrrole nitrogens is 1. The van der Waals surface area contributed by atoms with Crippen LogP contribution in [0.3, 0.4) is 0 Å². The molecule has 0 bridgehead atoms. The molecule has 1 N–H and O–H groups in total. The Kier molecular flexibility index (Phi) is 3.20. The number of aromatic amines is 1. The molecule has 2 heterocycles. The number of fused-ring (bicyclic) bond motifs is 2. The van der Waals surface area contributed by atoms with Crippen LogP contribution in [0.2, 0.25) is 0 Å². The number of rotatable bonds is 2. The van der Waals surface area contributed by atoms with Crippen molar-refractivity contribution in [3.63, 3.8) is 0 Å². The van der Waals surface area contributed by atoms with E-state index < -0.39 is 11.2 Å². The summed E-state index contributed by atoms with van der Waals surface area (Å²) in [4.78, 5) is 35.4. The fourth-order valence-corrected chi connectivity index (χ4v) is 2.72. The molecule has 0 amide bonds. The van der Waals surface area contributed by atoms with E-state index in [1.165, 1.54) is 11.8 Å². The number of aromatic nitrogens is 4. The van der Waals surface area contributed by atoms with Gasteiger partial charge in [0.15, 0.2) is 0 Å². The Morgan fingerprint density at radius 1 is 1.27 bits per heavy atom. The van der Waals surface area contributed by atoms with Crippen LogP contribution in [0.5, 0.6) is 0 Å². The van der Waals surface area contributed by atoms with Crippen molar-refractivity contribution in [3.05, 3.63) is 44.1 Å². The van der Waals surface area contributed by atoms with Gasteiger partial charge in [0.1, 0.15) is 12.6 Å². The summed E-state index contributed by atoms with van der Waals surface area (Å²) >= 11 is 0. The third-order valence-electron chi connectivity index (χ3n) is 3.91. The zero-order valence-corrected chi connectivity index (χ0v) is 12.9. The molecule has 0 saturated heterocycles. The number of benzene rings is 1. The molecule has 0 unspecified atom stereocenters. The van der Waals surface area contributed by atoms with Crippen LogP contribution in [-0.2, 0) is 6.54 Å². The third-order valence-corrected chi connectivity index (χ3v) is 3.91. The molecule has 3 rings (SSSR count). The summed E-state index contributed by atoms with van der Waals surface area (Å²) in [7, 11) is 1.48. The first-order valence-electron chi connectivity index (χ1n) is 7.02. The largest absolute Gasteiger partial charge is 0.365 e. The van der Waals surface area contributed by atoms with Crippen LogP contribution in [0.15, 0.2) is 21.7 Å². The topological polar surface area (TPSA) is 80.9 Å². The first kappa shape index (κ1) is 14.2. The fourth-order valence-electron chi connectivity index (χ4n) is 2.72. The Balaban J connectivity index is 2.69. The average molecular weight is 301 g/mol. The Labute approximate surface area is 126 Å². The van der Waals surface area contributed by atoms with Crippen LogP contribution < -0.4 is 20.8 Å². The van der Waals surface area contributed by atoms with Gasteiger partial charge in [-0.15, -0.1) is 0 Å². The second kappa shape index (κ2) is 4.94. The molecule has 1 aromatic carbocycles. The summed E-state index contributed by atoms with van der Waals surface area (Å²) < 4.78 is 3.28. The molecule has 114 valence electrons. The van der Waals surface area contributed by atoms with Gasteiger partial charge in [-0.05, 0) is 38.0 Å². The van der Waals surface area contributed by atoms with E-state index in [9.17, 15) is 9.59 Å². The molecule has 1 aromatic rings. The molecule has 0 saturated carbocycles. The van der Waals surface area contributed by atoms with Crippen LogP contribution in [0.25, 0.3) is 22.6 Å². The van der Waals surface area contributed by atoms with E-state index in [1.54, 1.807) is 0 Å². The quantitative estimate of drug-likeness (QED) is 0.540. The smallest absolute Gasteiger partial charge is 0.315 e. The molecule has 7 heteroatoms. The summed E-state index contributed by atoms with van der Waals surface area (Å²) in [5.41, 5.74) is 2.86. The van der Waals surface area contributed by atoms with Gasteiger partial charge >= 0.3 is 16.9 Å². The van der Waals surface area contributed by atoms with Crippen LogP contribution in [0, 0.1) is 13.8 Å². The average Bonchev–Trinajstić information content (AvgIpc) is 2.46. The maximum absolute atomic E-state index is 12.2. The van der Waals surface area contributed by atoms with E-state index in [4.69, 9.17) is 4.84 Å². The van der Waals surface area contributed by atoms with Gasteiger partial charge in [0.2, 0.25) is 5.82 Å². The molecule has 0 atom stereocenters. The van der Waals surface area contributed by atoms with Crippen LogP contribution >= 0.6 is 0 Å². The Bertz CT molecular complexity index is 971. The van der Waals surface area contributed by atoms with E-state index in [1.807, 2.05) is 37.5 Å². The van der Waals surface area contributed by atoms with Gasteiger partial charge in [-0.2, -0.15) is 4.98 Å². The van der Waals surface area contributed by atoms with Gasteiger partial charge in [-0.3, -0.25) is 14.6 Å². The van der Waals surface area contributed by atoms with Crippen molar-refractivity contribution in [2.24, 2.45) is 0 Å². The summed E-state index contributed by atoms with van der Waals surface area (Å²) in [6.07, 6.45) is 0. The second-order valence-corrected chi connectivity index (χ2v) is 5.19. The molecule has 22 heavy (non-hydrogen) atoms. The van der Waals surface area contributed by atoms with Crippen molar-refractivity contribution in [1.82, 2.24) is 14.5 Å². The highest BCUT2D eigenvalue weighted by Gasteiger charge is 2.31. The number of hydrogen-bond donors (Lipinski definition) is 1.